The first-order valence-corrected chi connectivity index (χ1v) is 6.82. The van der Waals surface area contributed by atoms with Crippen LogP contribution in [0, 0.1) is 5.92 Å². The Labute approximate surface area is 107 Å². The zero-order valence-corrected chi connectivity index (χ0v) is 10.3. The minimum Gasteiger partial charge on any atom is -0.353 e. The van der Waals surface area contributed by atoms with Gasteiger partial charge in [0.15, 0.2) is 0 Å². The number of fused-ring (bicyclic) bond motifs is 1. The molecule has 1 aliphatic carbocycles. The molecule has 1 saturated carbocycles. The van der Waals surface area contributed by atoms with E-state index in [0.29, 0.717) is 18.9 Å². The maximum absolute atomic E-state index is 12.2. The fourth-order valence-electron chi connectivity index (χ4n) is 3.59. The molecule has 2 heterocycles. The Bertz CT molecular complexity index is 483. The first-order valence-electron chi connectivity index (χ1n) is 6.82. The van der Waals surface area contributed by atoms with Gasteiger partial charge in [-0.15, -0.1) is 0 Å². The Balaban J connectivity index is 1.73. The number of carbonyl (C=O) groups excluding carboxylic acids is 1. The van der Waals surface area contributed by atoms with Gasteiger partial charge in [0, 0.05) is 18.8 Å². The van der Waals surface area contributed by atoms with Gasteiger partial charge in [0.25, 0.3) is 0 Å². The number of benzene rings is 1. The maximum Gasteiger partial charge on any atom is 0.225 e. The van der Waals surface area contributed by atoms with Crippen LogP contribution in [-0.2, 0) is 9.53 Å². The highest BCUT2D eigenvalue weighted by Crippen LogP contribution is 2.55. The molecule has 0 N–H and O–H groups in total. The quantitative estimate of drug-likeness (QED) is 0.798. The second-order valence-corrected chi connectivity index (χ2v) is 5.62. The Kier molecular flexibility index (Phi) is 2.10. The summed E-state index contributed by atoms with van der Waals surface area (Å²) < 4.78 is 6.13. The molecule has 2 aliphatic heterocycles. The number of hydrogen-bond donors (Lipinski definition) is 0. The molecule has 3 aliphatic rings. The second kappa shape index (κ2) is 3.58. The van der Waals surface area contributed by atoms with Gasteiger partial charge in [-0.25, -0.2) is 0 Å². The van der Waals surface area contributed by atoms with Crippen molar-refractivity contribution >= 4 is 5.91 Å². The van der Waals surface area contributed by atoms with E-state index in [1.54, 1.807) is 0 Å². The third kappa shape index (κ3) is 1.31. The Hall–Kier alpha value is -1.35. The molecule has 2 atom stereocenters. The summed E-state index contributed by atoms with van der Waals surface area (Å²) >= 11 is 0. The van der Waals surface area contributed by atoms with Gasteiger partial charge in [0.05, 0.1) is 12.6 Å². The predicted octanol–water partition coefficient (Wildman–Crippen LogP) is 2.49. The third-order valence-corrected chi connectivity index (χ3v) is 4.58. The summed E-state index contributed by atoms with van der Waals surface area (Å²) in [6.45, 7) is 0.659. The number of rotatable bonds is 2. The number of amides is 1. The monoisotopic (exact) mass is 243 g/mol. The van der Waals surface area contributed by atoms with E-state index in [1.807, 2.05) is 18.2 Å². The lowest BCUT2D eigenvalue weighted by molar-refractivity contribution is -0.141. The second-order valence-electron chi connectivity index (χ2n) is 5.62. The fraction of sp³-hybridized carbons (Fsp3) is 0.533. The smallest absolute Gasteiger partial charge is 0.225 e. The maximum atomic E-state index is 12.2. The zero-order chi connectivity index (χ0) is 12.2. The topological polar surface area (TPSA) is 29.5 Å². The minimum absolute atomic E-state index is 0.127. The van der Waals surface area contributed by atoms with Crippen LogP contribution in [0.15, 0.2) is 30.3 Å². The van der Waals surface area contributed by atoms with E-state index in [0.717, 1.165) is 6.42 Å². The van der Waals surface area contributed by atoms with E-state index in [-0.39, 0.29) is 17.7 Å². The summed E-state index contributed by atoms with van der Waals surface area (Å²) in [7, 11) is 0. The van der Waals surface area contributed by atoms with Crippen LogP contribution in [0.25, 0.3) is 0 Å². The van der Waals surface area contributed by atoms with Gasteiger partial charge in [-0.05, 0) is 18.4 Å². The minimum atomic E-state index is -0.252. The highest BCUT2D eigenvalue weighted by Gasteiger charge is 2.61. The highest BCUT2D eigenvalue weighted by atomic mass is 16.5. The summed E-state index contributed by atoms with van der Waals surface area (Å²) in [6.07, 6.45) is 3.97. The van der Waals surface area contributed by atoms with E-state index in [2.05, 4.69) is 17.0 Å². The zero-order valence-electron chi connectivity index (χ0n) is 10.3. The van der Waals surface area contributed by atoms with Crippen molar-refractivity contribution in [3.63, 3.8) is 0 Å². The third-order valence-electron chi connectivity index (χ3n) is 4.58. The van der Waals surface area contributed by atoms with Gasteiger partial charge in [-0.1, -0.05) is 30.3 Å². The van der Waals surface area contributed by atoms with Crippen molar-refractivity contribution in [2.75, 3.05) is 6.61 Å². The largest absolute Gasteiger partial charge is 0.353 e. The van der Waals surface area contributed by atoms with Gasteiger partial charge in [-0.2, -0.15) is 0 Å². The van der Waals surface area contributed by atoms with Crippen molar-refractivity contribution in [1.29, 1.82) is 0 Å². The van der Waals surface area contributed by atoms with Crippen LogP contribution in [0.2, 0.25) is 0 Å². The lowest BCUT2D eigenvalue weighted by Gasteiger charge is -2.33. The Morgan fingerprint density at radius 2 is 2.00 bits per heavy atom. The molecule has 0 radical (unpaired) electrons. The van der Waals surface area contributed by atoms with Gasteiger partial charge in [-0.3, -0.25) is 4.79 Å². The van der Waals surface area contributed by atoms with Crippen LogP contribution in [0.1, 0.15) is 37.3 Å². The first-order chi connectivity index (χ1) is 8.81. The van der Waals surface area contributed by atoms with E-state index in [1.165, 1.54) is 18.4 Å². The van der Waals surface area contributed by atoms with Gasteiger partial charge in [0.1, 0.15) is 5.72 Å². The summed E-state index contributed by atoms with van der Waals surface area (Å²) in [4.78, 5) is 14.3. The van der Waals surface area contributed by atoms with Crippen LogP contribution in [-0.4, -0.2) is 23.1 Å². The molecule has 4 rings (SSSR count). The molecule has 3 fully saturated rings. The van der Waals surface area contributed by atoms with E-state index in [9.17, 15) is 4.79 Å². The molecule has 3 nitrogen and oxygen atoms in total. The van der Waals surface area contributed by atoms with Gasteiger partial charge in [0.2, 0.25) is 5.91 Å². The number of nitrogens with zero attached hydrogens (tertiary/aromatic N) is 1. The van der Waals surface area contributed by atoms with Crippen molar-refractivity contribution in [2.45, 2.75) is 37.5 Å². The SMILES string of the molecule is O=C1CCC2(C3CC3)OCC(c3ccccc3)N12. The molecular formula is C15H17NO2. The van der Waals surface area contributed by atoms with Crippen LogP contribution < -0.4 is 0 Å². The molecule has 0 spiro atoms. The van der Waals surface area contributed by atoms with Crippen LogP contribution in [0.3, 0.4) is 0 Å². The highest BCUT2D eigenvalue weighted by molar-refractivity contribution is 5.80. The van der Waals surface area contributed by atoms with Crippen LogP contribution in [0.4, 0.5) is 0 Å². The molecule has 1 aromatic rings. The molecular weight excluding hydrogens is 226 g/mol. The molecule has 0 aromatic heterocycles. The van der Waals surface area contributed by atoms with E-state index >= 15 is 0 Å². The van der Waals surface area contributed by atoms with E-state index in [4.69, 9.17) is 4.74 Å². The normalized spacial score (nSPS) is 35.0. The standard InChI is InChI=1S/C15H17NO2/c17-14-8-9-15(12-6-7-12)16(14)13(10-18-15)11-4-2-1-3-5-11/h1-5,12-13H,6-10H2. The number of hydrogen-bond acceptors (Lipinski definition) is 2. The number of ether oxygens (including phenoxy) is 1. The molecule has 1 aromatic carbocycles. The molecule has 2 unspecified atom stereocenters. The van der Waals surface area contributed by atoms with Gasteiger partial charge >= 0.3 is 0 Å². The molecule has 2 saturated heterocycles. The Morgan fingerprint density at radius 3 is 2.72 bits per heavy atom. The fourth-order valence-corrected chi connectivity index (χ4v) is 3.59. The molecule has 0 bridgehead atoms. The van der Waals surface area contributed by atoms with Crippen LogP contribution in [0.5, 0.6) is 0 Å². The van der Waals surface area contributed by atoms with Crippen molar-refractivity contribution in [3.8, 4) is 0 Å². The van der Waals surface area contributed by atoms with Crippen molar-refractivity contribution < 1.29 is 9.53 Å². The lowest BCUT2D eigenvalue weighted by Crippen LogP contribution is -2.44. The summed E-state index contributed by atoms with van der Waals surface area (Å²) in [5, 5.41) is 0. The van der Waals surface area contributed by atoms with Crippen molar-refractivity contribution in [2.24, 2.45) is 5.92 Å². The predicted molar refractivity (Wildman–Crippen MR) is 66.7 cm³/mol. The summed E-state index contributed by atoms with van der Waals surface area (Å²) in [5.74, 6) is 0.853. The average Bonchev–Trinajstić information content (AvgIpc) is 3.11. The average molecular weight is 243 g/mol. The summed E-state index contributed by atoms with van der Waals surface area (Å²) in [5.41, 5.74) is 0.952. The molecule has 94 valence electrons. The molecule has 18 heavy (non-hydrogen) atoms. The van der Waals surface area contributed by atoms with E-state index < -0.39 is 0 Å². The Morgan fingerprint density at radius 1 is 1.22 bits per heavy atom. The lowest BCUT2D eigenvalue weighted by atomic mass is 10.0. The van der Waals surface area contributed by atoms with Crippen molar-refractivity contribution in [3.05, 3.63) is 35.9 Å². The molecule has 1 amide bonds. The summed E-state index contributed by atoms with van der Waals surface area (Å²) in [6, 6.07) is 10.4. The molecule has 3 heteroatoms. The van der Waals surface area contributed by atoms with Crippen LogP contribution >= 0.6 is 0 Å². The van der Waals surface area contributed by atoms with Crippen molar-refractivity contribution in [1.82, 2.24) is 4.90 Å². The first kappa shape index (κ1) is 10.6. The number of carbonyl (C=O) groups is 1. The van der Waals surface area contributed by atoms with Gasteiger partial charge < -0.3 is 9.64 Å².